The highest BCUT2D eigenvalue weighted by Gasteiger charge is 2.12. The molecule has 1 nitrogen and oxygen atoms in total. The number of benzene rings is 1. The Morgan fingerprint density at radius 1 is 1.24 bits per heavy atom. The van der Waals surface area contributed by atoms with E-state index < -0.39 is 0 Å². The van der Waals surface area contributed by atoms with Crippen molar-refractivity contribution in [3.8, 4) is 0 Å². The van der Waals surface area contributed by atoms with Crippen LogP contribution < -0.4 is 5.32 Å². The lowest BCUT2D eigenvalue weighted by Gasteiger charge is -2.20. The maximum atomic E-state index is 6.22. The van der Waals surface area contributed by atoms with E-state index in [0.717, 1.165) is 30.5 Å². The van der Waals surface area contributed by atoms with Crippen LogP contribution in [0.5, 0.6) is 0 Å². The van der Waals surface area contributed by atoms with Crippen molar-refractivity contribution >= 4 is 11.6 Å². The molecule has 0 aliphatic rings. The summed E-state index contributed by atoms with van der Waals surface area (Å²) in [7, 11) is 0. The van der Waals surface area contributed by atoms with E-state index in [2.05, 4.69) is 38.2 Å². The summed E-state index contributed by atoms with van der Waals surface area (Å²) in [4.78, 5) is 0. The van der Waals surface area contributed by atoms with Crippen LogP contribution in [0.1, 0.15) is 32.8 Å². The van der Waals surface area contributed by atoms with Crippen LogP contribution in [-0.4, -0.2) is 13.1 Å². The Bertz CT molecular complexity index is 322. The van der Waals surface area contributed by atoms with Crippen LogP contribution >= 0.6 is 11.6 Å². The summed E-state index contributed by atoms with van der Waals surface area (Å²) in [6.07, 6.45) is 2.32. The smallest absolute Gasteiger partial charge is 0.0438 e. The first-order valence-corrected chi connectivity index (χ1v) is 6.95. The van der Waals surface area contributed by atoms with Gasteiger partial charge in [0.15, 0.2) is 0 Å². The van der Waals surface area contributed by atoms with Crippen molar-refractivity contribution in [2.24, 2.45) is 11.8 Å². The summed E-state index contributed by atoms with van der Waals surface area (Å²) < 4.78 is 0. The molecule has 0 saturated heterocycles. The molecule has 0 aliphatic carbocycles. The molecule has 1 N–H and O–H groups in total. The Morgan fingerprint density at radius 3 is 2.53 bits per heavy atom. The van der Waals surface area contributed by atoms with Crippen LogP contribution in [0.4, 0.5) is 0 Å². The summed E-state index contributed by atoms with van der Waals surface area (Å²) in [5, 5.41) is 4.35. The maximum absolute atomic E-state index is 6.22. The predicted octanol–water partition coefficient (Wildman–Crippen LogP) is 4.15. The monoisotopic (exact) mass is 253 g/mol. The van der Waals surface area contributed by atoms with Crippen LogP contribution in [0, 0.1) is 11.8 Å². The molecule has 0 radical (unpaired) electrons. The first-order valence-electron chi connectivity index (χ1n) is 6.57. The predicted molar refractivity (Wildman–Crippen MR) is 76.6 cm³/mol. The van der Waals surface area contributed by atoms with E-state index >= 15 is 0 Å². The average Bonchev–Trinajstić information content (AvgIpc) is 2.28. The number of hydrogen-bond acceptors (Lipinski definition) is 1. The van der Waals surface area contributed by atoms with Gasteiger partial charge in [-0.2, -0.15) is 0 Å². The minimum Gasteiger partial charge on any atom is -0.317 e. The van der Waals surface area contributed by atoms with Gasteiger partial charge in [0.2, 0.25) is 0 Å². The van der Waals surface area contributed by atoms with Gasteiger partial charge in [-0.15, -0.1) is 0 Å². The Hall–Kier alpha value is -0.530. The van der Waals surface area contributed by atoms with E-state index in [-0.39, 0.29) is 0 Å². The molecule has 1 unspecified atom stereocenters. The quantitative estimate of drug-likeness (QED) is 0.770. The fraction of sp³-hybridized carbons (Fsp3) is 0.600. The topological polar surface area (TPSA) is 12.0 Å². The molecule has 1 aromatic carbocycles. The van der Waals surface area contributed by atoms with Crippen molar-refractivity contribution in [2.75, 3.05) is 13.1 Å². The van der Waals surface area contributed by atoms with Crippen molar-refractivity contribution in [2.45, 2.75) is 33.6 Å². The van der Waals surface area contributed by atoms with Crippen molar-refractivity contribution in [3.63, 3.8) is 0 Å². The molecule has 0 aromatic heterocycles. The molecule has 96 valence electrons. The third-order valence-corrected chi connectivity index (χ3v) is 3.32. The van der Waals surface area contributed by atoms with Crippen molar-refractivity contribution in [1.82, 2.24) is 5.32 Å². The fourth-order valence-corrected chi connectivity index (χ4v) is 2.44. The highest BCUT2D eigenvalue weighted by Crippen LogP contribution is 2.22. The van der Waals surface area contributed by atoms with E-state index in [1.165, 1.54) is 12.0 Å². The molecule has 2 heteroatoms. The molecule has 1 rings (SSSR count). The molecular weight excluding hydrogens is 230 g/mol. The number of hydrogen-bond donors (Lipinski definition) is 1. The summed E-state index contributed by atoms with van der Waals surface area (Å²) in [6, 6.07) is 8.19. The molecule has 0 amide bonds. The molecule has 0 spiro atoms. The first-order chi connectivity index (χ1) is 8.13. The second-order valence-electron chi connectivity index (χ2n) is 5.10. The number of rotatable bonds is 7. The van der Waals surface area contributed by atoms with Gasteiger partial charge in [-0.05, 0) is 49.4 Å². The van der Waals surface area contributed by atoms with E-state index in [0.29, 0.717) is 5.92 Å². The van der Waals surface area contributed by atoms with Crippen molar-refractivity contribution in [1.29, 1.82) is 0 Å². The molecular formula is C15H24ClN. The van der Waals surface area contributed by atoms with E-state index in [1.807, 2.05) is 12.1 Å². The zero-order valence-corrected chi connectivity index (χ0v) is 11.9. The zero-order chi connectivity index (χ0) is 12.7. The van der Waals surface area contributed by atoms with Gasteiger partial charge in [-0.25, -0.2) is 0 Å². The van der Waals surface area contributed by atoms with Crippen molar-refractivity contribution < 1.29 is 0 Å². The van der Waals surface area contributed by atoms with E-state index in [9.17, 15) is 0 Å². The summed E-state index contributed by atoms with van der Waals surface area (Å²) in [6.45, 7) is 8.84. The summed E-state index contributed by atoms with van der Waals surface area (Å²) in [5.74, 6) is 1.41. The Morgan fingerprint density at radius 2 is 1.94 bits per heavy atom. The Kier molecular flexibility index (Phi) is 6.61. The summed E-state index contributed by atoms with van der Waals surface area (Å²) in [5.41, 5.74) is 1.28. The van der Waals surface area contributed by atoms with Gasteiger partial charge >= 0.3 is 0 Å². The van der Waals surface area contributed by atoms with Crippen LogP contribution in [0.15, 0.2) is 24.3 Å². The lowest BCUT2D eigenvalue weighted by atomic mass is 9.91. The van der Waals surface area contributed by atoms with Gasteiger partial charge in [-0.3, -0.25) is 0 Å². The Labute approximate surface area is 111 Å². The largest absolute Gasteiger partial charge is 0.317 e. The third-order valence-electron chi connectivity index (χ3n) is 2.95. The third kappa shape index (κ3) is 5.56. The maximum Gasteiger partial charge on any atom is 0.0438 e. The van der Waals surface area contributed by atoms with Gasteiger partial charge in [-0.1, -0.05) is 50.6 Å². The van der Waals surface area contributed by atoms with Gasteiger partial charge < -0.3 is 5.32 Å². The van der Waals surface area contributed by atoms with Crippen LogP contribution in [0.3, 0.4) is 0 Å². The normalized spacial score (nSPS) is 13.0. The average molecular weight is 254 g/mol. The lowest BCUT2D eigenvalue weighted by molar-refractivity contribution is 0.388. The molecule has 0 saturated carbocycles. The van der Waals surface area contributed by atoms with Crippen LogP contribution in [0.25, 0.3) is 0 Å². The zero-order valence-electron chi connectivity index (χ0n) is 11.2. The van der Waals surface area contributed by atoms with E-state index in [1.54, 1.807) is 0 Å². The molecule has 1 aromatic rings. The second kappa shape index (κ2) is 7.73. The van der Waals surface area contributed by atoms with Crippen molar-refractivity contribution in [3.05, 3.63) is 34.9 Å². The highest BCUT2D eigenvalue weighted by molar-refractivity contribution is 6.31. The minimum absolute atomic E-state index is 0.676. The fourth-order valence-electron chi connectivity index (χ4n) is 2.23. The highest BCUT2D eigenvalue weighted by atomic mass is 35.5. The molecule has 17 heavy (non-hydrogen) atoms. The second-order valence-corrected chi connectivity index (χ2v) is 5.51. The van der Waals surface area contributed by atoms with E-state index in [4.69, 9.17) is 11.6 Å². The van der Waals surface area contributed by atoms with Gasteiger partial charge in [0.1, 0.15) is 0 Å². The minimum atomic E-state index is 0.676. The molecule has 0 bridgehead atoms. The van der Waals surface area contributed by atoms with Gasteiger partial charge in [0.25, 0.3) is 0 Å². The number of halogens is 1. The SMILES string of the molecule is CCNCC(Cc1ccccc1Cl)CC(C)C. The number of nitrogens with one attached hydrogen (secondary N) is 1. The van der Waals surface area contributed by atoms with Gasteiger partial charge in [0.05, 0.1) is 0 Å². The molecule has 1 atom stereocenters. The summed E-state index contributed by atoms with van der Waals surface area (Å²) >= 11 is 6.22. The Balaban J connectivity index is 2.61. The van der Waals surface area contributed by atoms with Gasteiger partial charge in [0, 0.05) is 5.02 Å². The standard InChI is InChI=1S/C15H24ClN/c1-4-17-11-13(9-12(2)3)10-14-7-5-6-8-15(14)16/h5-8,12-13,17H,4,9-11H2,1-3H3. The molecule has 0 heterocycles. The molecule has 0 fully saturated rings. The molecule has 0 aliphatic heterocycles. The first kappa shape index (κ1) is 14.5. The lowest BCUT2D eigenvalue weighted by Crippen LogP contribution is -2.25. The van der Waals surface area contributed by atoms with Crippen LogP contribution in [-0.2, 0) is 6.42 Å². The van der Waals surface area contributed by atoms with Crippen LogP contribution in [0.2, 0.25) is 5.02 Å².